The first-order chi connectivity index (χ1) is 16.2. The molecule has 1 saturated carbocycles. The molecule has 2 heterocycles. The van der Waals surface area contributed by atoms with Crippen molar-refractivity contribution in [3.05, 3.63) is 36.0 Å². The number of hydrogen-bond donors (Lipinski definition) is 5. The maximum absolute atomic E-state index is 12.9. The van der Waals surface area contributed by atoms with Gasteiger partial charge in [0.2, 0.25) is 0 Å². The molecule has 182 valence electrons. The van der Waals surface area contributed by atoms with E-state index in [1.54, 1.807) is 44.2 Å². The number of nitrogens with one attached hydrogen (secondary N) is 4. The fraction of sp³-hybridized carbons (Fsp3) is 0.429. The number of sulfone groups is 1. The van der Waals surface area contributed by atoms with Crippen LogP contribution in [0, 0.1) is 0 Å². The van der Waals surface area contributed by atoms with Gasteiger partial charge in [0.25, 0.3) is 0 Å². The van der Waals surface area contributed by atoms with Crippen LogP contribution in [-0.2, 0) is 15.6 Å². The monoisotopic (exact) mass is 505 g/mol. The van der Waals surface area contributed by atoms with E-state index in [-0.39, 0.29) is 30.5 Å². The number of hydrogen-bond acceptors (Lipinski definition) is 10. The number of carbonyl (C=O) groups is 1. The van der Waals surface area contributed by atoms with Crippen LogP contribution in [-0.4, -0.2) is 58.0 Å². The van der Waals surface area contributed by atoms with Crippen molar-refractivity contribution in [1.29, 1.82) is 0 Å². The van der Waals surface area contributed by atoms with Crippen molar-refractivity contribution in [2.75, 3.05) is 17.2 Å². The molecule has 4 rings (SSSR count). The van der Waals surface area contributed by atoms with Crippen LogP contribution >= 0.6 is 11.8 Å². The normalized spacial score (nSPS) is 18.6. The van der Waals surface area contributed by atoms with E-state index in [2.05, 4.69) is 36.4 Å². The van der Waals surface area contributed by atoms with Gasteiger partial charge in [-0.2, -0.15) is 5.10 Å². The van der Waals surface area contributed by atoms with Gasteiger partial charge in [0.1, 0.15) is 5.82 Å². The quantitative estimate of drug-likeness (QED) is 0.344. The van der Waals surface area contributed by atoms with Gasteiger partial charge < -0.3 is 21.1 Å². The summed E-state index contributed by atoms with van der Waals surface area (Å²) < 4.78 is 24.9. The van der Waals surface area contributed by atoms with Gasteiger partial charge in [0.05, 0.1) is 23.1 Å². The summed E-state index contributed by atoms with van der Waals surface area (Å²) in [6.07, 6.45) is 2.01. The molecule has 0 saturated heterocycles. The number of amides is 2. The van der Waals surface area contributed by atoms with Crippen molar-refractivity contribution in [2.24, 2.45) is 5.10 Å². The molecule has 34 heavy (non-hydrogen) atoms. The van der Waals surface area contributed by atoms with E-state index >= 15 is 0 Å². The van der Waals surface area contributed by atoms with E-state index < -0.39 is 14.5 Å². The number of rotatable bonds is 9. The second-order valence-corrected chi connectivity index (χ2v) is 11.9. The Labute approximate surface area is 202 Å². The molecule has 2 aromatic rings. The van der Waals surface area contributed by atoms with Crippen LogP contribution in [0.2, 0.25) is 0 Å². The number of anilines is 2. The largest absolute Gasteiger partial charge is 0.394 e. The average Bonchev–Trinajstić information content (AvgIpc) is 3.48. The van der Waals surface area contributed by atoms with Crippen LogP contribution in [0.1, 0.15) is 32.4 Å². The van der Waals surface area contributed by atoms with Crippen molar-refractivity contribution in [1.82, 2.24) is 20.7 Å². The molecule has 0 bridgehead atoms. The molecule has 1 aromatic carbocycles. The smallest absolute Gasteiger partial charge is 0.319 e. The Hall–Kier alpha value is -2.90. The zero-order valence-corrected chi connectivity index (χ0v) is 20.4. The molecule has 0 radical (unpaired) electrons. The molecule has 1 fully saturated rings. The van der Waals surface area contributed by atoms with Gasteiger partial charge in [-0.15, -0.1) is 0 Å². The third-order valence-corrected chi connectivity index (χ3v) is 8.42. The highest BCUT2D eigenvalue weighted by Crippen LogP contribution is 2.26. The van der Waals surface area contributed by atoms with Gasteiger partial charge in [-0.25, -0.2) is 23.2 Å². The Morgan fingerprint density at radius 2 is 2.00 bits per heavy atom. The third kappa shape index (κ3) is 6.36. The topological polar surface area (TPSA) is 158 Å². The van der Waals surface area contributed by atoms with E-state index in [0.717, 1.165) is 24.6 Å². The number of hydrazone groups is 1. The average molecular weight is 506 g/mol. The second-order valence-electron chi connectivity index (χ2n) is 8.26. The molecule has 1 aliphatic carbocycles. The van der Waals surface area contributed by atoms with E-state index in [0.29, 0.717) is 33.6 Å². The van der Waals surface area contributed by atoms with Crippen LogP contribution in [0.25, 0.3) is 11.4 Å². The predicted octanol–water partition coefficient (Wildman–Crippen LogP) is 2.09. The van der Waals surface area contributed by atoms with Crippen LogP contribution < -0.4 is 21.4 Å². The maximum atomic E-state index is 12.9. The van der Waals surface area contributed by atoms with Crippen LogP contribution in [0.3, 0.4) is 0 Å². The molecular weight excluding hydrogens is 478 g/mol. The molecule has 1 unspecified atom stereocenters. The highest BCUT2D eigenvalue weighted by atomic mass is 32.3. The van der Waals surface area contributed by atoms with Gasteiger partial charge >= 0.3 is 6.03 Å². The fourth-order valence-electron chi connectivity index (χ4n) is 3.14. The fourth-order valence-corrected chi connectivity index (χ4v) is 5.80. The Bertz CT molecular complexity index is 1180. The third-order valence-electron chi connectivity index (χ3n) is 5.04. The molecule has 2 aliphatic rings. The molecular formula is C21H27N7O4S2. The van der Waals surface area contributed by atoms with E-state index in [1.807, 2.05) is 0 Å². The Kier molecular flexibility index (Phi) is 7.24. The lowest BCUT2D eigenvalue weighted by molar-refractivity contribution is 0.251. The highest BCUT2D eigenvalue weighted by Gasteiger charge is 2.31. The van der Waals surface area contributed by atoms with Crippen molar-refractivity contribution in [3.8, 4) is 11.4 Å². The van der Waals surface area contributed by atoms with Crippen LogP contribution in [0.5, 0.6) is 0 Å². The summed E-state index contributed by atoms with van der Waals surface area (Å²) in [6.45, 7) is 3.41. The summed E-state index contributed by atoms with van der Waals surface area (Å²) in [5.74, 6) is 0.426. The SMILES string of the molecule is CC1=NNC(S(=O)(=O)Cc2cc(N[C@@H](C)CO)nc(-c3ccc(NC(=O)NC4CC4)cc3)n2)S1. The molecule has 2 atom stereocenters. The molecule has 11 nitrogen and oxygen atoms in total. The lowest BCUT2D eigenvalue weighted by Gasteiger charge is -2.15. The standard InChI is InChI=1S/C21H27N7O4S2/c1-12(10-29)22-18-9-17(11-34(31,32)21-28-27-13(2)33-21)23-19(26-18)14-3-5-15(6-4-14)24-20(30)25-16-7-8-16/h3-6,9,12,16,21,28-29H,7-8,10-11H2,1-2H3,(H,22,23,26)(H2,24,25,30)/t12-,21?/m0/s1. The van der Waals surface area contributed by atoms with Gasteiger partial charge in [0.15, 0.2) is 20.4 Å². The van der Waals surface area contributed by atoms with Gasteiger partial charge in [-0.1, -0.05) is 11.8 Å². The summed E-state index contributed by atoms with van der Waals surface area (Å²) >= 11 is 1.14. The first-order valence-corrected chi connectivity index (χ1v) is 13.4. The lowest BCUT2D eigenvalue weighted by Crippen LogP contribution is -2.30. The predicted molar refractivity (Wildman–Crippen MR) is 133 cm³/mol. The molecule has 13 heteroatoms. The lowest BCUT2D eigenvalue weighted by atomic mass is 10.2. The number of aromatic nitrogens is 2. The maximum Gasteiger partial charge on any atom is 0.319 e. The summed E-state index contributed by atoms with van der Waals surface area (Å²) in [7, 11) is -3.61. The molecule has 5 N–H and O–H groups in total. The number of thioether (sulfide) groups is 1. The number of benzene rings is 1. The number of carbonyl (C=O) groups excluding carboxylic acids is 1. The number of aliphatic hydroxyl groups excluding tert-OH is 1. The minimum atomic E-state index is -3.61. The second kappa shape index (κ2) is 10.2. The number of urea groups is 1. The Balaban J connectivity index is 1.55. The summed E-state index contributed by atoms with van der Waals surface area (Å²) in [5.41, 5.74) is 4.22. The minimum absolute atomic E-state index is 0.116. The van der Waals surface area contributed by atoms with E-state index in [1.165, 1.54) is 0 Å². The summed E-state index contributed by atoms with van der Waals surface area (Å²) in [4.78, 5) is 20.9. The van der Waals surface area contributed by atoms with Crippen molar-refractivity contribution in [3.63, 3.8) is 0 Å². The molecule has 0 spiro atoms. The zero-order chi connectivity index (χ0) is 24.3. The van der Waals surface area contributed by atoms with Gasteiger partial charge in [-0.05, 0) is 51.0 Å². The molecule has 1 aromatic heterocycles. The molecule has 1 aliphatic heterocycles. The van der Waals surface area contributed by atoms with Crippen molar-refractivity contribution >= 4 is 44.2 Å². The first-order valence-electron chi connectivity index (χ1n) is 10.8. The van der Waals surface area contributed by atoms with Gasteiger partial charge in [0, 0.05) is 29.4 Å². The van der Waals surface area contributed by atoms with Gasteiger partial charge in [-0.3, -0.25) is 5.43 Å². The van der Waals surface area contributed by atoms with Crippen LogP contribution in [0.15, 0.2) is 35.4 Å². The number of aliphatic hydroxyl groups is 1. The minimum Gasteiger partial charge on any atom is -0.394 e. The Morgan fingerprint density at radius 1 is 1.26 bits per heavy atom. The van der Waals surface area contributed by atoms with E-state index in [9.17, 15) is 18.3 Å². The van der Waals surface area contributed by atoms with Crippen LogP contribution in [0.4, 0.5) is 16.3 Å². The zero-order valence-electron chi connectivity index (χ0n) is 18.8. The first kappa shape index (κ1) is 24.2. The number of nitrogens with zero attached hydrogens (tertiary/aromatic N) is 3. The highest BCUT2D eigenvalue weighted by molar-refractivity contribution is 8.22. The molecule has 2 amide bonds. The van der Waals surface area contributed by atoms with Crippen molar-refractivity contribution in [2.45, 2.75) is 49.2 Å². The van der Waals surface area contributed by atoms with E-state index in [4.69, 9.17) is 0 Å². The summed E-state index contributed by atoms with van der Waals surface area (Å²) in [6, 6.07) is 8.27. The Morgan fingerprint density at radius 3 is 2.62 bits per heavy atom. The summed E-state index contributed by atoms with van der Waals surface area (Å²) in [5, 5.41) is 22.7. The van der Waals surface area contributed by atoms with Crippen molar-refractivity contribution < 1.29 is 18.3 Å².